The number of hydrogen-bond donors (Lipinski definition) is 2. The number of hydrogen-bond acceptors (Lipinski definition) is 2. The Hall–Kier alpha value is -0.860. The van der Waals surface area contributed by atoms with Crippen LogP contribution in [0.2, 0.25) is 0 Å². The second kappa shape index (κ2) is 5.19. The summed E-state index contributed by atoms with van der Waals surface area (Å²) in [6.07, 6.45) is 6.73. The van der Waals surface area contributed by atoms with Gasteiger partial charge in [0.15, 0.2) is 0 Å². The summed E-state index contributed by atoms with van der Waals surface area (Å²) in [6.45, 7) is 2.20. The standard InChI is InChI=1S/C15H22N2/c1-4-8-14-12(5-1)9-10-16-15(14)11-17-13-6-2-3-7-13/h1,4-5,8,13,15-17H,2-3,6-7,9-11H2. The van der Waals surface area contributed by atoms with Crippen molar-refractivity contribution in [2.45, 2.75) is 44.2 Å². The third-order valence-corrected chi connectivity index (χ3v) is 4.18. The third kappa shape index (κ3) is 2.53. The fourth-order valence-electron chi connectivity index (χ4n) is 3.19. The van der Waals surface area contributed by atoms with E-state index in [9.17, 15) is 0 Å². The topological polar surface area (TPSA) is 24.1 Å². The van der Waals surface area contributed by atoms with Crippen LogP contribution < -0.4 is 10.6 Å². The van der Waals surface area contributed by atoms with E-state index < -0.39 is 0 Å². The van der Waals surface area contributed by atoms with Crippen LogP contribution in [-0.2, 0) is 6.42 Å². The molecule has 0 bridgehead atoms. The number of rotatable bonds is 3. The molecule has 1 atom stereocenters. The lowest BCUT2D eigenvalue weighted by atomic mass is 9.94. The van der Waals surface area contributed by atoms with Gasteiger partial charge in [-0.15, -0.1) is 0 Å². The summed E-state index contributed by atoms with van der Waals surface area (Å²) in [4.78, 5) is 0. The molecule has 1 aliphatic carbocycles. The summed E-state index contributed by atoms with van der Waals surface area (Å²) in [5.41, 5.74) is 3.04. The number of fused-ring (bicyclic) bond motifs is 1. The van der Waals surface area contributed by atoms with Crippen LogP contribution >= 0.6 is 0 Å². The molecular weight excluding hydrogens is 208 g/mol. The molecule has 0 aromatic heterocycles. The first-order valence-electron chi connectivity index (χ1n) is 6.98. The minimum Gasteiger partial charge on any atom is -0.312 e. The molecule has 0 amide bonds. The molecule has 3 rings (SSSR count). The second-order valence-electron chi connectivity index (χ2n) is 5.35. The second-order valence-corrected chi connectivity index (χ2v) is 5.35. The lowest BCUT2D eigenvalue weighted by molar-refractivity contribution is 0.428. The zero-order valence-electron chi connectivity index (χ0n) is 10.4. The van der Waals surface area contributed by atoms with Crippen molar-refractivity contribution in [1.29, 1.82) is 0 Å². The zero-order chi connectivity index (χ0) is 11.5. The van der Waals surface area contributed by atoms with Gasteiger partial charge in [-0.25, -0.2) is 0 Å². The molecule has 1 heterocycles. The van der Waals surface area contributed by atoms with Gasteiger partial charge in [0.25, 0.3) is 0 Å². The molecule has 2 nitrogen and oxygen atoms in total. The Kier molecular flexibility index (Phi) is 3.44. The van der Waals surface area contributed by atoms with Crippen LogP contribution in [0.3, 0.4) is 0 Å². The van der Waals surface area contributed by atoms with Crippen molar-refractivity contribution in [2.24, 2.45) is 0 Å². The van der Waals surface area contributed by atoms with Gasteiger partial charge in [0, 0.05) is 18.6 Å². The molecule has 2 heteroatoms. The molecule has 1 saturated carbocycles. The fraction of sp³-hybridized carbons (Fsp3) is 0.600. The highest BCUT2D eigenvalue weighted by Crippen LogP contribution is 2.23. The van der Waals surface area contributed by atoms with Crippen LogP contribution in [0.5, 0.6) is 0 Å². The van der Waals surface area contributed by atoms with E-state index in [4.69, 9.17) is 0 Å². The fourth-order valence-corrected chi connectivity index (χ4v) is 3.19. The molecule has 1 unspecified atom stereocenters. The SMILES string of the molecule is c1ccc2c(c1)CCNC2CNC1CCCC1. The lowest BCUT2D eigenvalue weighted by Gasteiger charge is -2.28. The van der Waals surface area contributed by atoms with Crippen molar-refractivity contribution >= 4 is 0 Å². The summed E-state index contributed by atoms with van der Waals surface area (Å²) in [5.74, 6) is 0. The molecule has 92 valence electrons. The molecule has 1 aliphatic heterocycles. The smallest absolute Gasteiger partial charge is 0.0449 e. The van der Waals surface area contributed by atoms with Gasteiger partial charge in [-0.3, -0.25) is 0 Å². The van der Waals surface area contributed by atoms with Gasteiger partial charge in [0.2, 0.25) is 0 Å². The zero-order valence-corrected chi connectivity index (χ0v) is 10.4. The average Bonchev–Trinajstić information content (AvgIpc) is 2.89. The Morgan fingerprint density at radius 1 is 1.18 bits per heavy atom. The van der Waals surface area contributed by atoms with E-state index in [1.54, 1.807) is 0 Å². The number of benzene rings is 1. The Morgan fingerprint density at radius 3 is 2.88 bits per heavy atom. The predicted octanol–water partition coefficient (Wildman–Crippen LogP) is 2.41. The Balaban J connectivity index is 1.64. The van der Waals surface area contributed by atoms with Crippen LogP contribution in [0.25, 0.3) is 0 Å². The molecule has 0 spiro atoms. The van der Waals surface area contributed by atoms with Crippen molar-refractivity contribution in [2.75, 3.05) is 13.1 Å². The van der Waals surface area contributed by atoms with Crippen LogP contribution in [0.1, 0.15) is 42.9 Å². The predicted molar refractivity (Wildman–Crippen MR) is 71.1 cm³/mol. The van der Waals surface area contributed by atoms with Gasteiger partial charge in [-0.2, -0.15) is 0 Å². The van der Waals surface area contributed by atoms with Gasteiger partial charge in [-0.1, -0.05) is 37.1 Å². The molecule has 0 radical (unpaired) electrons. The first-order valence-corrected chi connectivity index (χ1v) is 6.98. The van der Waals surface area contributed by atoms with Crippen molar-refractivity contribution in [3.05, 3.63) is 35.4 Å². The molecular formula is C15H22N2. The molecule has 1 fully saturated rings. The normalized spacial score (nSPS) is 24.8. The van der Waals surface area contributed by atoms with E-state index in [1.807, 2.05) is 0 Å². The van der Waals surface area contributed by atoms with Gasteiger partial charge in [0.05, 0.1) is 0 Å². The third-order valence-electron chi connectivity index (χ3n) is 4.18. The highest BCUT2D eigenvalue weighted by Gasteiger charge is 2.21. The average molecular weight is 230 g/mol. The lowest BCUT2D eigenvalue weighted by Crippen LogP contribution is -2.39. The largest absolute Gasteiger partial charge is 0.312 e. The molecule has 1 aromatic rings. The Labute approximate surface area is 104 Å². The van der Waals surface area contributed by atoms with E-state index in [-0.39, 0.29) is 0 Å². The van der Waals surface area contributed by atoms with Gasteiger partial charge < -0.3 is 10.6 Å². The summed E-state index contributed by atoms with van der Waals surface area (Å²) in [7, 11) is 0. The quantitative estimate of drug-likeness (QED) is 0.833. The van der Waals surface area contributed by atoms with E-state index in [0.717, 1.165) is 19.1 Å². The molecule has 17 heavy (non-hydrogen) atoms. The van der Waals surface area contributed by atoms with Crippen molar-refractivity contribution < 1.29 is 0 Å². The van der Waals surface area contributed by atoms with Gasteiger partial charge in [-0.05, 0) is 36.9 Å². The van der Waals surface area contributed by atoms with E-state index in [0.29, 0.717) is 6.04 Å². The summed E-state index contributed by atoms with van der Waals surface area (Å²) in [5, 5.41) is 7.37. The minimum absolute atomic E-state index is 0.514. The number of nitrogens with one attached hydrogen (secondary N) is 2. The maximum absolute atomic E-state index is 3.73. The van der Waals surface area contributed by atoms with E-state index in [1.165, 1.54) is 43.2 Å². The van der Waals surface area contributed by atoms with Crippen molar-refractivity contribution in [1.82, 2.24) is 10.6 Å². The molecule has 2 N–H and O–H groups in total. The van der Waals surface area contributed by atoms with Crippen LogP contribution in [-0.4, -0.2) is 19.1 Å². The highest BCUT2D eigenvalue weighted by atomic mass is 15.0. The van der Waals surface area contributed by atoms with Crippen molar-refractivity contribution in [3.8, 4) is 0 Å². The minimum atomic E-state index is 0.514. The molecule has 2 aliphatic rings. The van der Waals surface area contributed by atoms with Crippen LogP contribution in [0.15, 0.2) is 24.3 Å². The van der Waals surface area contributed by atoms with Crippen LogP contribution in [0, 0.1) is 0 Å². The van der Waals surface area contributed by atoms with Gasteiger partial charge in [0.1, 0.15) is 0 Å². The van der Waals surface area contributed by atoms with Crippen LogP contribution in [0.4, 0.5) is 0 Å². The summed E-state index contributed by atoms with van der Waals surface area (Å²) >= 11 is 0. The molecule has 1 aromatic carbocycles. The summed E-state index contributed by atoms with van der Waals surface area (Å²) < 4.78 is 0. The first-order chi connectivity index (χ1) is 8.43. The van der Waals surface area contributed by atoms with Gasteiger partial charge >= 0.3 is 0 Å². The monoisotopic (exact) mass is 230 g/mol. The summed E-state index contributed by atoms with van der Waals surface area (Å²) in [6, 6.07) is 10.2. The first kappa shape index (κ1) is 11.2. The molecule has 0 saturated heterocycles. The maximum Gasteiger partial charge on any atom is 0.0449 e. The van der Waals surface area contributed by atoms with E-state index >= 15 is 0 Å². The Bertz CT molecular complexity index is 369. The van der Waals surface area contributed by atoms with Crippen molar-refractivity contribution in [3.63, 3.8) is 0 Å². The Morgan fingerprint density at radius 2 is 2.00 bits per heavy atom. The van der Waals surface area contributed by atoms with E-state index in [2.05, 4.69) is 34.9 Å². The maximum atomic E-state index is 3.73. The highest BCUT2D eigenvalue weighted by molar-refractivity contribution is 5.32.